The number of ether oxygens (including phenoxy) is 5. The van der Waals surface area contributed by atoms with E-state index in [1.807, 2.05) is 0 Å². The Morgan fingerprint density at radius 2 is 1.79 bits per heavy atom. The highest BCUT2D eigenvalue weighted by Gasteiger charge is 2.49. The first-order chi connectivity index (χ1) is 20.0. The number of phenolic OH excluding ortho intramolecular Hbond substituents is 4. The van der Waals surface area contributed by atoms with Crippen LogP contribution in [0, 0.1) is 5.82 Å². The van der Waals surface area contributed by atoms with Crippen LogP contribution in [-0.2, 0) is 22.3 Å². The lowest BCUT2D eigenvalue weighted by molar-refractivity contribution is -0.116. The monoisotopic (exact) mass is 590 g/mol. The quantitative estimate of drug-likeness (QED) is 0.179. The highest BCUT2D eigenvalue weighted by Crippen LogP contribution is 2.45. The maximum atomic E-state index is 14.0. The van der Waals surface area contributed by atoms with Crippen LogP contribution >= 0.6 is 0 Å². The fourth-order valence-corrected chi connectivity index (χ4v) is 4.96. The van der Waals surface area contributed by atoms with E-state index in [0.29, 0.717) is 16.7 Å². The summed E-state index contributed by atoms with van der Waals surface area (Å²) in [5, 5.41) is 70.5. The Morgan fingerprint density at radius 1 is 1.00 bits per heavy atom. The van der Waals surface area contributed by atoms with Crippen molar-refractivity contribution in [1.29, 1.82) is 0 Å². The zero-order valence-electron chi connectivity index (χ0n) is 22.4. The molecule has 2 aliphatic heterocycles. The molecule has 3 aromatic rings. The number of benzene rings is 3. The van der Waals surface area contributed by atoms with Gasteiger partial charge in [0.2, 0.25) is 12.1 Å². The molecule has 2 aliphatic rings. The molecule has 3 unspecified atom stereocenters. The Balaban J connectivity index is 1.42. The van der Waals surface area contributed by atoms with Crippen molar-refractivity contribution in [2.24, 2.45) is 0 Å². The molecule has 0 spiro atoms. The number of fused-ring (bicyclic) bond motifs is 1. The molecule has 226 valence electrons. The molecule has 0 bridgehead atoms. The van der Waals surface area contributed by atoms with Crippen molar-refractivity contribution in [2.45, 2.75) is 43.0 Å². The minimum absolute atomic E-state index is 0.0741. The van der Waals surface area contributed by atoms with E-state index in [2.05, 4.69) is 0 Å². The Hall–Kier alpha value is -4.01. The molecular weight excluding hydrogens is 559 g/mol. The zero-order valence-corrected chi connectivity index (χ0v) is 22.4. The van der Waals surface area contributed by atoms with Crippen LogP contribution in [0.4, 0.5) is 4.39 Å². The summed E-state index contributed by atoms with van der Waals surface area (Å²) in [6, 6.07) is 9.51. The maximum Gasteiger partial charge on any atom is 0.229 e. The van der Waals surface area contributed by atoms with Crippen molar-refractivity contribution >= 4 is 0 Å². The van der Waals surface area contributed by atoms with Crippen LogP contribution in [0.3, 0.4) is 0 Å². The first-order valence-electron chi connectivity index (χ1n) is 13.0. The third-order valence-corrected chi connectivity index (χ3v) is 7.32. The summed E-state index contributed by atoms with van der Waals surface area (Å²) < 4.78 is 42.5. The smallest absolute Gasteiger partial charge is 0.229 e. The van der Waals surface area contributed by atoms with Gasteiger partial charge in [0.1, 0.15) is 35.1 Å². The van der Waals surface area contributed by atoms with Crippen LogP contribution in [0.1, 0.15) is 22.8 Å². The molecule has 0 amide bonds. The van der Waals surface area contributed by atoms with Crippen molar-refractivity contribution in [3.8, 4) is 40.2 Å². The summed E-state index contributed by atoms with van der Waals surface area (Å²) in [5.41, 5.74) is -0.490. The lowest BCUT2D eigenvalue weighted by Gasteiger charge is -2.35. The summed E-state index contributed by atoms with van der Waals surface area (Å²) in [7, 11) is 1.28. The minimum atomic E-state index is -1.92. The fraction of sp³-hybridized carbons (Fsp3) is 0.379. The Bertz CT molecular complexity index is 1450. The molecule has 1 fully saturated rings. The normalized spacial score (nSPS) is 25.1. The average molecular weight is 591 g/mol. The van der Waals surface area contributed by atoms with Gasteiger partial charge < -0.3 is 59.4 Å². The van der Waals surface area contributed by atoms with E-state index in [1.165, 1.54) is 43.5 Å². The van der Waals surface area contributed by atoms with Gasteiger partial charge in [0.25, 0.3) is 0 Å². The molecule has 12 nitrogen and oxygen atoms in total. The molecule has 0 aromatic heterocycles. The number of phenols is 4. The molecular formula is C29H31FO12. The SMILES string of the molecule is COc1cc(CCO[C@H]2Cc3c(OC4OCC(O)(CO)C4O)cc(O)cc3O[C@@H]2c2ccc(O)c(O)c2)cc(O)c1F. The predicted octanol–water partition coefficient (Wildman–Crippen LogP) is 1.78. The van der Waals surface area contributed by atoms with Crippen LogP contribution in [-0.4, -0.2) is 86.8 Å². The average Bonchev–Trinajstić information content (AvgIpc) is 3.25. The lowest BCUT2D eigenvalue weighted by atomic mass is 9.93. The summed E-state index contributed by atoms with van der Waals surface area (Å²) in [6.45, 7) is -1.06. The highest BCUT2D eigenvalue weighted by molar-refractivity contribution is 5.53. The van der Waals surface area contributed by atoms with Crippen molar-refractivity contribution < 1.29 is 63.8 Å². The third-order valence-electron chi connectivity index (χ3n) is 7.32. The minimum Gasteiger partial charge on any atom is -0.508 e. The second-order valence-corrected chi connectivity index (χ2v) is 10.2. The van der Waals surface area contributed by atoms with Gasteiger partial charge in [0.05, 0.1) is 26.9 Å². The summed E-state index contributed by atoms with van der Waals surface area (Å²) in [6.07, 6.45) is -4.12. The largest absolute Gasteiger partial charge is 0.508 e. The van der Waals surface area contributed by atoms with Crippen LogP contribution in [0.15, 0.2) is 42.5 Å². The van der Waals surface area contributed by atoms with Gasteiger partial charge in [-0.2, -0.15) is 4.39 Å². The van der Waals surface area contributed by atoms with Crippen molar-refractivity contribution in [2.75, 3.05) is 26.9 Å². The van der Waals surface area contributed by atoms with Gasteiger partial charge in [-0.3, -0.25) is 0 Å². The van der Waals surface area contributed by atoms with Gasteiger partial charge in [-0.05, 0) is 41.8 Å². The van der Waals surface area contributed by atoms with Crippen LogP contribution in [0.2, 0.25) is 0 Å². The fourth-order valence-electron chi connectivity index (χ4n) is 4.96. The Kier molecular flexibility index (Phi) is 8.21. The van der Waals surface area contributed by atoms with Gasteiger partial charge in [-0.1, -0.05) is 6.07 Å². The summed E-state index contributed by atoms with van der Waals surface area (Å²) in [4.78, 5) is 0. The van der Waals surface area contributed by atoms with Crippen molar-refractivity contribution in [3.63, 3.8) is 0 Å². The van der Waals surface area contributed by atoms with Crippen molar-refractivity contribution in [1.82, 2.24) is 0 Å². The van der Waals surface area contributed by atoms with Gasteiger partial charge in [0, 0.05) is 24.1 Å². The Morgan fingerprint density at radius 3 is 2.48 bits per heavy atom. The van der Waals surface area contributed by atoms with E-state index in [4.69, 9.17) is 23.7 Å². The van der Waals surface area contributed by atoms with E-state index in [-0.39, 0.29) is 60.6 Å². The number of hydrogen-bond acceptors (Lipinski definition) is 12. The van der Waals surface area contributed by atoms with E-state index < -0.39 is 48.4 Å². The molecule has 42 heavy (non-hydrogen) atoms. The van der Waals surface area contributed by atoms with Gasteiger partial charge >= 0.3 is 0 Å². The van der Waals surface area contributed by atoms with Gasteiger partial charge in [-0.15, -0.1) is 0 Å². The first kappa shape index (κ1) is 29.5. The molecule has 5 rings (SSSR count). The maximum absolute atomic E-state index is 14.0. The lowest BCUT2D eigenvalue weighted by Crippen LogP contribution is -2.48. The molecule has 3 aromatic carbocycles. The van der Waals surface area contributed by atoms with Crippen LogP contribution in [0.5, 0.6) is 40.2 Å². The molecule has 0 aliphatic carbocycles. The number of rotatable bonds is 9. The second-order valence-electron chi connectivity index (χ2n) is 10.2. The molecule has 0 radical (unpaired) electrons. The zero-order chi connectivity index (χ0) is 30.2. The number of halogens is 1. The molecule has 13 heteroatoms. The molecule has 5 atom stereocenters. The topological polar surface area (TPSA) is 188 Å². The van der Waals surface area contributed by atoms with Gasteiger partial charge in [0.15, 0.2) is 29.1 Å². The standard InChI is InChI=1S/C29H31FO12/c1-38-23-7-14(6-20(35)25(23)30)4-5-39-24-11-17-21(41-26(24)15-2-3-18(33)19(34)8-15)9-16(32)10-22(17)42-28-27(36)29(37,12-31)13-40-28/h2-3,6-10,24,26-28,31-37H,4-5,11-13H2,1H3/t24-,26+,27?,28?,29?/m0/s1. The number of aromatic hydroxyl groups is 4. The predicted molar refractivity (Wildman–Crippen MR) is 141 cm³/mol. The van der Waals surface area contributed by atoms with E-state index >= 15 is 0 Å². The second kappa shape index (κ2) is 11.7. The molecule has 0 saturated carbocycles. The third kappa shape index (κ3) is 5.69. The molecule has 1 saturated heterocycles. The van der Waals surface area contributed by atoms with E-state index in [9.17, 15) is 40.1 Å². The molecule has 2 heterocycles. The first-order valence-corrected chi connectivity index (χ1v) is 13.0. The summed E-state index contributed by atoms with van der Waals surface area (Å²) >= 11 is 0. The van der Waals surface area contributed by atoms with E-state index in [0.717, 1.165) is 0 Å². The van der Waals surface area contributed by atoms with Crippen molar-refractivity contribution in [3.05, 3.63) is 65.0 Å². The molecule has 7 N–H and O–H groups in total. The summed E-state index contributed by atoms with van der Waals surface area (Å²) in [5.74, 6) is -2.22. The number of aliphatic hydroxyl groups excluding tert-OH is 2. The van der Waals surface area contributed by atoms with Crippen LogP contribution < -0.4 is 14.2 Å². The number of hydrogen-bond donors (Lipinski definition) is 7. The Labute approximate surface area is 239 Å². The van der Waals surface area contributed by atoms with E-state index in [1.54, 1.807) is 6.07 Å². The van der Waals surface area contributed by atoms with Gasteiger partial charge in [-0.25, -0.2) is 0 Å². The highest BCUT2D eigenvalue weighted by atomic mass is 19.1. The number of aliphatic hydroxyl groups is 3. The number of methoxy groups -OCH3 is 1. The van der Waals surface area contributed by atoms with Crippen LogP contribution in [0.25, 0.3) is 0 Å².